The molecule has 2 amide bonds. The zero-order valence-corrected chi connectivity index (χ0v) is 13.3. The fourth-order valence-corrected chi connectivity index (χ4v) is 2.26. The summed E-state index contributed by atoms with van der Waals surface area (Å²) >= 11 is 3.29. The van der Waals surface area contributed by atoms with Gasteiger partial charge in [-0.15, -0.1) is 0 Å². The molecule has 0 fully saturated rings. The van der Waals surface area contributed by atoms with Crippen molar-refractivity contribution in [3.05, 3.63) is 58.6 Å². The molecule has 0 spiro atoms. The maximum atomic E-state index is 12.3. The highest BCUT2D eigenvalue weighted by Crippen LogP contribution is 2.18. The van der Waals surface area contributed by atoms with E-state index in [0.29, 0.717) is 11.4 Å². The quantitative estimate of drug-likeness (QED) is 0.649. The van der Waals surface area contributed by atoms with E-state index in [0.717, 1.165) is 4.47 Å². The molecule has 0 bridgehead atoms. The number of carbonyl (C=O) groups is 3. The van der Waals surface area contributed by atoms with Crippen LogP contribution in [0.1, 0.15) is 17.3 Å². The minimum absolute atomic E-state index is 0.144. The van der Waals surface area contributed by atoms with Crippen LogP contribution in [0.15, 0.2) is 53.0 Å². The van der Waals surface area contributed by atoms with E-state index in [2.05, 4.69) is 26.6 Å². The molecular weight excluding hydrogens is 348 g/mol. The van der Waals surface area contributed by atoms with Gasteiger partial charge in [0.15, 0.2) is 0 Å². The van der Waals surface area contributed by atoms with Crippen molar-refractivity contribution in [1.82, 2.24) is 0 Å². The average Bonchev–Trinajstić information content (AvgIpc) is 2.46. The highest BCUT2D eigenvalue weighted by Gasteiger charge is 2.20. The van der Waals surface area contributed by atoms with E-state index in [1.165, 1.54) is 13.0 Å². The Balaban J connectivity index is 2.21. The summed E-state index contributed by atoms with van der Waals surface area (Å²) in [4.78, 5) is 35.5. The Morgan fingerprint density at radius 3 is 2.36 bits per heavy atom. The number of anilines is 2. The summed E-state index contributed by atoms with van der Waals surface area (Å²) in [6.45, 7) is 1.34. The first-order valence-electron chi connectivity index (χ1n) is 6.45. The first-order valence-corrected chi connectivity index (χ1v) is 7.24. The van der Waals surface area contributed by atoms with Crippen LogP contribution < -0.4 is 10.6 Å². The Kier molecular flexibility index (Phi) is 5.06. The van der Waals surface area contributed by atoms with Gasteiger partial charge in [-0.1, -0.05) is 34.1 Å². The van der Waals surface area contributed by atoms with E-state index >= 15 is 0 Å². The van der Waals surface area contributed by atoms with Crippen LogP contribution in [-0.2, 0) is 9.59 Å². The van der Waals surface area contributed by atoms with E-state index in [1.54, 1.807) is 36.4 Å². The molecule has 0 unspecified atom stereocenters. The lowest BCUT2D eigenvalue weighted by Crippen LogP contribution is -2.24. The smallest absolute Gasteiger partial charge is 0.296 e. The topological polar surface area (TPSA) is 75.3 Å². The highest BCUT2D eigenvalue weighted by molar-refractivity contribution is 9.10. The van der Waals surface area contributed by atoms with Crippen molar-refractivity contribution in [2.75, 3.05) is 10.6 Å². The second-order valence-electron chi connectivity index (χ2n) is 4.52. The van der Waals surface area contributed by atoms with E-state index < -0.39 is 11.7 Å². The molecule has 2 rings (SSSR count). The molecule has 2 aromatic carbocycles. The van der Waals surface area contributed by atoms with Crippen LogP contribution in [0.4, 0.5) is 11.4 Å². The van der Waals surface area contributed by atoms with Crippen LogP contribution >= 0.6 is 15.9 Å². The number of para-hydroxylation sites is 1. The van der Waals surface area contributed by atoms with E-state index in [-0.39, 0.29) is 11.5 Å². The molecule has 5 nitrogen and oxygen atoms in total. The molecule has 0 saturated heterocycles. The minimum atomic E-state index is -0.768. The third-order valence-corrected chi connectivity index (χ3v) is 3.26. The van der Waals surface area contributed by atoms with Crippen molar-refractivity contribution in [1.29, 1.82) is 0 Å². The van der Waals surface area contributed by atoms with Crippen molar-refractivity contribution in [2.24, 2.45) is 0 Å². The first kappa shape index (κ1) is 15.9. The lowest BCUT2D eigenvalue weighted by molar-refractivity contribution is -0.114. The molecule has 0 atom stereocenters. The van der Waals surface area contributed by atoms with Crippen LogP contribution in [0.2, 0.25) is 0 Å². The SMILES string of the molecule is CC(=O)Nc1ccccc1C(=O)C(=O)Nc1cccc(Br)c1. The molecule has 112 valence electrons. The number of rotatable bonds is 4. The van der Waals surface area contributed by atoms with Gasteiger partial charge in [-0.3, -0.25) is 14.4 Å². The van der Waals surface area contributed by atoms with Gasteiger partial charge in [-0.25, -0.2) is 0 Å². The Morgan fingerprint density at radius 1 is 0.955 bits per heavy atom. The predicted molar refractivity (Wildman–Crippen MR) is 87.8 cm³/mol. The number of hydrogen-bond acceptors (Lipinski definition) is 3. The number of hydrogen-bond donors (Lipinski definition) is 2. The second kappa shape index (κ2) is 7.00. The molecule has 0 saturated carbocycles. The third-order valence-electron chi connectivity index (χ3n) is 2.77. The lowest BCUT2D eigenvalue weighted by atomic mass is 10.1. The van der Waals surface area contributed by atoms with Crippen LogP contribution in [-0.4, -0.2) is 17.6 Å². The predicted octanol–water partition coefficient (Wildman–Crippen LogP) is 3.23. The normalized spacial score (nSPS) is 9.91. The first-order chi connectivity index (χ1) is 10.5. The summed E-state index contributed by atoms with van der Waals surface area (Å²) in [6.07, 6.45) is 0. The number of ketones is 1. The maximum absolute atomic E-state index is 12.3. The van der Waals surface area contributed by atoms with Gasteiger partial charge in [-0.2, -0.15) is 0 Å². The van der Waals surface area contributed by atoms with Crippen LogP contribution in [0.25, 0.3) is 0 Å². The number of amides is 2. The van der Waals surface area contributed by atoms with Gasteiger partial charge in [0.25, 0.3) is 11.7 Å². The molecule has 0 heterocycles. The Labute approximate surface area is 135 Å². The minimum Gasteiger partial charge on any atom is -0.326 e. The monoisotopic (exact) mass is 360 g/mol. The summed E-state index contributed by atoms with van der Waals surface area (Å²) in [5.74, 6) is -1.80. The highest BCUT2D eigenvalue weighted by atomic mass is 79.9. The number of benzene rings is 2. The maximum Gasteiger partial charge on any atom is 0.296 e. The fourth-order valence-electron chi connectivity index (χ4n) is 1.86. The number of halogens is 1. The molecule has 6 heteroatoms. The zero-order valence-electron chi connectivity index (χ0n) is 11.7. The molecule has 2 aromatic rings. The average molecular weight is 361 g/mol. The summed E-state index contributed by atoms with van der Waals surface area (Å²) < 4.78 is 0.788. The molecule has 22 heavy (non-hydrogen) atoms. The zero-order chi connectivity index (χ0) is 16.1. The Bertz CT molecular complexity index is 744. The molecule has 0 radical (unpaired) electrons. The van der Waals surface area contributed by atoms with Crippen molar-refractivity contribution < 1.29 is 14.4 Å². The summed E-state index contributed by atoms with van der Waals surface area (Å²) in [7, 11) is 0. The second-order valence-corrected chi connectivity index (χ2v) is 5.44. The van der Waals surface area contributed by atoms with Crippen LogP contribution in [0, 0.1) is 0 Å². The van der Waals surface area contributed by atoms with Gasteiger partial charge in [0.1, 0.15) is 0 Å². The summed E-state index contributed by atoms with van der Waals surface area (Å²) in [5, 5.41) is 5.07. The van der Waals surface area contributed by atoms with Crippen molar-refractivity contribution in [3.8, 4) is 0 Å². The fraction of sp³-hybridized carbons (Fsp3) is 0.0625. The summed E-state index contributed by atoms with van der Waals surface area (Å²) in [6, 6.07) is 13.3. The standard InChI is InChI=1S/C16H13BrN2O3/c1-10(20)18-14-8-3-2-7-13(14)15(21)16(22)19-12-6-4-5-11(17)9-12/h2-9H,1H3,(H,18,20)(H,19,22). The van der Waals surface area contributed by atoms with Gasteiger partial charge in [0.2, 0.25) is 5.91 Å². The van der Waals surface area contributed by atoms with Gasteiger partial charge in [0, 0.05) is 17.1 Å². The number of Topliss-reactive ketones (excluding diaryl/α,β-unsaturated/α-hetero) is 1. The van der Waals surface area contributed by atoms with Crippen molar-refractivity contribution in [2.45, 2.75) is 6.92 Å². The van der Waals surface area contributed by atoms with E-state index in [9.17, 15) is 14.4 Å². The van der Waals surface area contributed by atoms with Gasteiger partial charge in [-0.05, 0) is 30.3 Å². The molecular formula is C16H13BrN2O3. The van der Waals surface area contributed by atoms with E-state index in [4.69, 9.17) is 0 Å². The van der Waals surface area contributed by atoms with Gasteiger partial charge < -0.3 is 10.6 Å². The molecule has 2 N–H and O–H groups in total. The number of nitrogens with one attached hydrogen (secondary N) is 2. The van der Waals surface area contributed by atoms with E-state index in [1.807, 2.05) is 6.07 Å². The van der Waals surface area contributed by atoms with Crippen molar-refractivity contribution >= 4 is 44.9 Å². The third kappa shape index (κ3) is 4.02. The van der Waals surface area contributed by atoms with Crippen LogP contribution in [0.5, 0.6) is 0 Å². The molecule has 0 aromatic heterocycles. The van der Waals surface area contributed by atoms with Gasteiger partial charge >= 0.3 is 0 Å². The largest absolute Gasteiger partial charge is 0.326 e. The van der Waals surface area contributed by atoms with Gasteiger partial charge in [0.05, 0.1) is 11.3 Å². The molecule has 0 aliphatic rings. The molecule has 0 aliphatic heterocycles. The lowest BCUT2D eigenvalue weighted by Gasteiger charge is -2.09. The van der Waals surface area contributed by atoms with Crippen LogP contribution in [0.3, 0.4) is 0 Å². The molecule has 0 aliphatic carbocycles. The van der Waals surface area contributed by atoms with Crippen molar-refractivity contribution in [3.63, 3.8) is 0 Å². The number of carbonyl (C=O) groups excluding carboxylic acids is 3. The summed E-state index contributed by atoms with van der Waals surface area (Å²) in [5.41, 5.74) is 0.958. The Hall–Kier alpha value is -2.47. The Morgan fingerprint density at radius 2 is 1.68 bits per heavy atom.